The largest absolute Gasteiger partial charge is 0.467 e. The molecule has 1 amide bonds. The van der Waals surface area contributed by atoms with Crippen LogP contribution in [0.5, 0.6) is 0 Å². The molecule has 172 valence electrons. The van der Waals surface area contributed by atoms with E-state index in [0.29, 0.717) is 34.7 Å². The highest BCUT2D eigenvalue weighted by molar-refractivity contribution is 7.99. The molecule has 1 N–H and O–H groups in total. The van der Waals surface area contributed by atoms with E-state index in [9.17, 15) is 4.79 Å². The summed E-state index contributed by atoms with van der Waals surface area (Å²) in [5.41, 5.74) is 2.15. The number of aromatic nitrogens is 5. The maximum Gasteiger partial charge on any atom is 0.234 e. The first-order valence-electron chi connectivity index (χ1n) is 10.9. The second kappa shape index (κ2) is 9.52. The molecule has 4 heterocycles. The number of anilines is 2. The predicted octanol–water partition coefficient (Wildman–Crippen LogP) is 4.14. The van der Waals surface area contributed by atoms with Crippen molar-refractivity contribution >= 4 is 52.1 Å². The summed E-state index contributed by atoms with van der Waals surface area (Å²) in [6.45, 7) is 6.94. The van der Waals surface area contributed by atoms with E-state index in [0.717, 1.165) is 42.0 Å². The summed E-state index contributed by atoms with van der Waals surface area (Å²) in [4.78, 5) is 15.0. The number of piperidine rings is 1. The number of benzene rings is 1. The third-order valence-corrected chi connectivity index (χ3v) is 7.14. The standard InChI is InChI=1S/C22H25N7O2S2/c1-14-9-15(2)11-28(10-14)21-24-25-22(29(21)12-16-5-4-8-31-16)32-13-19(30)23-17-6-3-7-18-20(17)27-33-26-18/h3-8,14-15H,9-13H2,1-2H3,(H,23,30). The van der Waals surface area contributed by atoms with Gasteiger partial charge in [-0.1, -0.05) is 31.7 Å². The van der Waals surface area contributed by atoms with E-state index in [2.05, 4.69) is 43.0 Å². The van der Waals surface area contributed by atoms with Crippen molar-refractivity contribution in [1.29, 1.82) is 0 Å². The van der Waals surface area contributed by atoms with E-state index in [1.165, 1.54) is 18.2 Å². The number of thioether (sulfide) groups is 1. The molecule has 2 unspecified atom stereocenters. The maximum absolute atomic E-state index is 12.7. The lowest BCUT2D eigenvalue weighted by molar-refractivity contribution is -0.113. The fourth-order valence-corrected chi connectivity index (χ4v) is 5.65. The number of furan rings is 1. The van der Waals surface area contributed by atoms with Crippen LogP contribution in [-0.2, 0) is 11.3 Å². The van der Waals surface area contributed by atoms with Crippen molar-refractivity contribution in [3.8, 4) is 0 Å². The maximum atomic E-state index is 12.7. The van der Waals surface area contributed by atoms with Gasteiger partial charge in [0, 0.05) is 13.1 Å². The zero-order chi connectivity index (χ0) is 22.8. The molecule has 1 aliphatic heterocycles. The molecule has 4 aromatic rings. The Kier molecular flexibility index (Phi) is 6.32. The second-order valence-electron chi connectivity index (χ2n) is 8.57. The summed E-state index contributed by atoms with van der Waals surface area (Å²) in [5, 5.41) is 12.6. The van der Waals surface area contributed by atoms with E-state index in [1.807, 2.05) is 34.9 Å². The number of hydrogen-bond donors (Lipinski definition) is 1. The molecule has 3 aromatic heterocycles. The lowest BCUT2D eigenvalue weighted by atomic mass is 9.92. The number of rotatable bonds is 7. The van der Waals surface area contributed by atoms with Crippen molar-refractivity contribution in [2.75, 3.05) is 29.1 Å². The number of hydrogen-bond acceptors (Lipinski definition) is 9. The highest BCUT2D eigenvalue weighted by atomic mass is 32.2. The van der Waals surface area contributed by atoms with Crippen molar-refractivity contribution in [2.45, 2.75) is 32.0 Å². The highest BCUT2D eigenvalue weighted by Gasteiger charge is 2.27. The second-order valence-corrected chi connectivity index (χ2v) is 10.0. The van der Waals surface area contributed by atoms with Gasteiger partial charge in [0.05, 0.1) is 36.0 Å². The molecule has 0 saturated carbocycles. The molecule has 9 nitrogen and oxygen atoms in total. The quantitative estimate of drug-likeness (QED) is 0.391. The Hall–Kier alpha value is -2.92. The summed E-state index contributed by atoms with van der Waals surface area (Å²) in [5.74, 6) is 2.90. The van der Waals surface area contributed by atoms with Crippen LogP contribution in [0.3, 0.4) is 0 Å². The SMILES string of the molecule is CC1CC(C)CN(c2nnc(SCC(=O)Nc3cccc4nsnc34)n2Cc2ccco2)C1. The predicted molar refractivity (Wildman–Crippen MR) is 130 cm³/mol. The molecule has 0 spiro atoms. The molecule has 1 fully saturated rings. The Bertz CT molecular complexity index is 1230. The van der Waals surface area contributed by atoms with Gasteiger partial charge in [0.1, 0.15) is 16.8 Å². The third-order valence-electron chi connectivity index (χ3n) is 5.64. The molecule has 2 atom stereocenters. The molecular formula is C22H25N7O2S2. The molecule has 33 heavy (non-hydrogen) atoms. The molecule has 1 aromatic carbocycles. The van der Waals surface area contributed by atoms with Gasteiger partial charge in [0.25, 0.3) is 0 Å². The summed E-state index contributed by atoms with van der Waals surface area (Å²) in [6, 6.07) is 9.39. The minimum absolute atomic E-state index is 0.130. The van der Waals surface area contributed by atoms with Crippen LogP contribution in [0.15, 0.2) is 46.2 Å². The molecule has 5 rings (SSSR count). The normalized spacial score (nSPS) is 18.7. The average molecular weight is 484 g/mol. The van der Waals surface area contributed by atoms with E-state index >= 15 is 0 Å². The van der Waals surface area contributed by atoms with Crippen molar-refractivity contribution in [3.05, 3.63) is 42.4 Å². The van der Waals surface area contributed by atoms with Gasteiger partial charge in [-0.3, -0.25) is 9.36 Å². The zero-order valence-electron chi connectivity index (χ0n) is 18.5. The molecule has 0 radical (unpaired) electrons. The monoisotopic (exact) mass is 483 g/mol. The Labute approximate surface area is 199 Å². The Balaban J connectivity index is 1.33. The van der Waals surface area contributed by atoms with Crippen LogP contribution in [-0.4, -0.2) is 48.3 Å². The zero-order valence-corrected chi connectivity index (χ0v) is 20.1. The number of fused-ring (bicyclic) bond motifs is 1. The van der Waals surface area contributed by atoms with Gasteiger partial charge >= 0.3 is 0 Å². The Morgan fingerprint density at radius 2 is 2.03 bits per heavy atom. The van der Waals surface area contributed by atoms with Crippen molar-refractivity contribution in [3.63, 3.8) is 0 Å². The van der Waals surface area contributed by atoms with Crippen molar-refractivity contribution in [2.24, 2.45) is 11.8 Å². The summed E-state index contributed by atoms with van der Waals surface area (Å²) in [7, 11) is 0. The molecule has 0 bridgehead atoms. The minimum Gasteiger partial charge on any atom is -0.467 e. The van der Waals surface area contributed by atoms with Crippen LogP contribution in [0.25, 0.3) is 11.0 Å². The van der Waals surface area contributed by atoms with Crippen LogP contribution in [0.1, 0.15) is 26.0 Å². The Morgan fingerprint density at radius 1 is 1.18 bits per heavy atom. The average Bonchev–Trinajstić information content (AvgIpc) is 3.54. The van der Waals surface area contributed by atoms with Crippen LogP contribution >= 0.6 is 23.5 Å². The summed E-state index contributed by atoms with van der Waals surface area (Å²) >= 11 is 2.50. The van der Waals surface area contributed by atoms with Gasteiger partial charge in [-0.15, -0.1) is 10.2 Å². The summed E-state index contributed by atoms with van der Waals surface area (Å²) < 4.78 is 16.1. The van der Waals surface area contributed by atoms with Crippen LogP contribution in [0, 0.1) is 11.8 Å². The van der Waals surface area contributed by atoms with E-state index in [-0.39, 0.29) is 11.7 Å². The molecule has 1 aliphatic rings. The first-order chi connectivity index (χ1) is 16.1. The lowest BCUT2D eigenvalue weighted by Crippen LogP contribution is -2.40. The molecule has 0 aliphatic carbocycles. The van der Waals surface area contributed by atoms with Gasteiger partial charge < -0.3 is 14.6 Å². The van der Waals surface area contributed by atoms with Gasteiger partial charge in [0.2, 0.25) is 11.9 Å². The number of amides is 1. The Morgan fingerprint density at radius 3 is 2.82 bits per heavy atom. The van der Waals surface area contributed by atoms with Gasteiger partial charge in [-0.25, -0.2) is 0 Å². The van der Waals surface area contributed by atoms with E-state index in [1.54, 1.807) is 6.26 Å². The van der Waals surface area contributed by atoms with Crippen LogP contribution < -0.4 is 10.2 Å². The fourth-order valence-electron chi connectivity index (χ4n) is 4.37. The third kappa shape index (κ3) is 4.88. The first-order valence-corrected chi connectivity index (χ1v) is 12.6. The number of carbonyl (C=O) groups excluding carboxylic acids is 1. The molecule has 1 saturated heterocycles. The van der Waals surface area contributed by atoms with Gasteiger partial charge in [-0.2, -0.15) is 8.75 Å². The van der Waals surface area contributed by atoms with Gasteiger partial charge in [-0.05, 0) is 42.5 Å². The minimum atomic E-state index is -0.130. The van der Waals surface area contributed by atoms with Crippen molar-refractivity contribution in [1.82, 2.24) is 23.5 Å². The summed E-state index contributed by atoms with van der Waals surface area (Å²) in [6.07, 6.45) is 2.88. The fraction of sp³-hybridized carbons (Fsp3) is 0.409. The molecule has 11 heteroatoms. The number of nitrogens with zero attached hydrogens (tertiary/aromatic N) is 6. The van der Waals surface area contributed by atoms with E-state index < -0.39 is 0 Å². The number of nitrogens with one attached hydrogen (secondary N) is 1. The molecular weight excluding hydrogens is 458 g/mol. The smallest absolute Gasteiger partial charge is 0.234 e. The highest BCUT2D eigenvalue weighted by Crippen LogP contribution is 2.29. The topological polar surface area (TPSA) is 102 Å². The van der Waals surface area contributed by atoms with Crippen molar-refractivity contribution < 1.29 is 9.21 Å². The lowest BCUT2D eigenvalue weighted by Gasteiger charge is -2.35. The van der Waals surface area contributed by atoms with Crippen LogP contribution in [0.2, 0.25) is 0 Å². The van der Waals surface area contributed by atoms with E-state index in [4.69, 9.17) is 4.42 Å². The number of carbonyl (C=O) groups is 1. The van der Waals surface area contributed by atoms with Crippen LogP contribution in [0.4, 0.5) is 11.6 Å². The van der Waals surface area contributed by atoms with Gasteiger partial charge in [0.15, 0.2) is 5.16 Å². The first kappa shape index (κ1) is 21.9.